The molecule has 0 radical (unpaired) electrons. The van der Waals surface area contributed by atoms with Gasteiger partial charge in [0.1, 0.15) is 0 Å². The van der Waals surface area contributed by atoms with Crippen molar-refractivity contribution in [3.63, 3.8) is 0 Å². The lowest BCUT2D eigenvalue weighted by Crippen LogP contribution is -2.45. The first kappa shape index (κ1) is 14.2. The molecule has 0 saturated heterocycles. The Kier molecular flexibility index (Phi) is 4.68. The van der Waals surface area contributed by atoms with Gasteiger partial charge >= 0.3 is 5.97 Å². The SMILES string of the molecule is C[C@H](NCC(C)(O)C(=O)O)c1ccccc1Br. The largest absolute Gasteiger partial charge is 0.479 e. The molecule has 94 valence electrons. The summed E-state index contributed by atoms with van der Waals surface area (Å²) < 4.78 is 0.954. The number of hydrogen-bond donors (Lipinski definition) is 3. The van der Waals surface area contributed by atoms with Crippen molar-refractivity contribution >= 4 is 21.9 Å². The zero-order valence-corrected chi connectivity index (χ0v) is 11.4. The first-order valence-electron chi connectivity index (χ1n) is 5.28. The Labute approximate surface area is 109 Å². The number of nitrogens with one attached hydrogen (secondary N) is 1. The number of aliphatic hydroxyl groups is 1. The molecule has 1 aromatic rings. The number of carbonyl (C=O) groups is 1. The summed E-state index contributed by atoms with van der Waals surface area (Å²) in [5, 5.41) is 21.4. The highest BCUT2D eigenvalue weighted by Gasteiger charge is 2.30. The molecule has 5 heteroatoms. The van der Waals surface area contributed by atoms with Crippen LogP contribution in [-0.4, -0.2) is 28.3 Å². The molecule has 0 saturated carbocycles. The minimum atomic E-state index is -1.75. The van der Waals surface area contributed by atoms with Crippen molar-refractivity contribution < 1.29 is 15.0 Å². The normalized spacial score (nSPS) is 16.2. The van der Waals surface area contributed by atoms with Crippen LogP contribution in [0.1, 0.15) is 25.5 Å². The van der Waals surface area contributed by atoms with Crippen LogP contribution in [0.5, 0.6) is 0 Å². The Balaban J connectivity index is 2.65. The molecule has 1 unspecified atom stereocenters. The molecule has 3 N–H and O–H groups in total. The minimum Gasteiger partial charge on any atom is -0.479 e. The van der Waals surface area contributed by atoms with Crippen molar-refractivity contribution in [3.8, 4) is 0 Å². The van der Waals surface area contributed by atoms with Crippen LogP contribution in [0.2, 0.25) is 0 Å². The van der Waals surface area contributed by atoms with Crippen LogP contribution >= 0.6 is 15.9 Å². The van der Waals surface area contributed by atoms with E-state index < -0.39 is 11.6 Å². The predicted molar refractivity (Wildman–Crippen MR) is 68.8 cm³/mol. The van der Waals surface area contributed by atoms with Crippen molar-refractivity contribution in [2.24, 2.45) is 0 Å². The van der Waals surface area contributed by atoms with Gasteiger partial charge < -0.3 is 15.5 Å². The van der Waals surface area contributed by atoms with Crippen molar-refractivity contribution in [2.75, 3.05) is 6.54 Å². The van der Waals surface area contributed by atoms with Crippen LogP contribution in [0.15, 0.2) is 28.7 Å². The van der Waals surface area contributed by atoms with Crippen LogP contribution in [-0.2, 0) is 4.79 Å². The van der Waals surface area contributed by atoms with Gasteiger partial charge in [-0.25, -0.2) is 4.79 Å². The first-order valence-corrected chi connectivity index (χ1v) is 6.07. The van der Waals surface area contributed by atoms with E-state index in [9.17, 15) is 9.90 Å². The van der Waals surface area contributed by atoms with Crippen molar-refractivity contribution in [2.45, 2.75) is 25.5 Å². The van der Waals surface area contributed by atoms with Crippen LogP contribution in [0, 0.1) is 0 Å². The summed E-state index contributed by atoms with van der Waals surface area (Å²) in [6.45, 7) is 3.18. The Morgan fingerprint density at radius 2 is 2.12 bits per heavy atom. The fourth-order valence-electron chi connectivity index (χ4n) is 1.36. The smallest absolute Gasteiger partial charge is 0.336 e. The molecule has 0 aromatic heterocycles. The summed E-state index contributed by atoms with van der Waals surface area (Å²) >= 11 is 3.43. The standard InChI is InChI=1S/C12H16BrNO3/c1-8(9-5-3-4-6-10(9)13)14-7-12(2,17)11(15)16/h3-6,8,14,17H,7H2,1-2H3,(H,15,16)/t8-,12?/m0/s1. The van der Waals surface area contributed by atoms with E-state index in [-0.39, 0.29) is 12.6 Å². The van der Waals surface area contributed by atoms with Crippen molar-refractivity contribution in [1.29, 1.82) is 0 Å². The Morgan fingerprint density at radius 1 is 1.53 bits per heavy atom. The maximum atomic E-state index is 10.7. The van der Waals surface area contributed by atoms with Gasteiger partial charge in [-0.15, -0.1) is 0 Å². The zero-order chi connectivity index (χ0) is 13.1. The van der Waals surface area contributed by atoms with Gasteiger partial charge in [0.2, 0.25) is 0 Å². The molecule has 0 amide bonds. The van der Waals surface area contributed by atoms with Gasteiger partial charge in [-0.2, -0.15) is 0 Å². The first-order chi connectivity index (χ1) is 7.84. The Hall–Kier alpha value is -0.910. The van der Waals surface area contributed by atoms with E-state index in [1.54, 1.807) is 0 Å². The summed E-state index contributed by atoms with van der Waals surface area (Å²) in [7, 11) is 0. The highest BCUT2D eigenvalue weighted by molar-refractivity contribution is 9.10. The molecule has 0 bridgehead atoms. The number of halogens is 1. The van der Waals surface area contributed by atoms with Gasteiger partial charge in [0.25, 0.3) is 0 Å². The number of carboxylic acid groups (broad SMARTS) is 1. The van der Waals surface area contributed by atoms with E-state index in [4.69, 9.17) is 5.11 Å². The lowest BCUT2D eigenvalue weighted by atomic mass is 10.1. The third kappa shape index (κ3) is 3.80. The van der Waals surface area contributed by atoms with Gasteiger partial charge in [0.05, 0.1) is 0 Å². The monoisotopic (exact) mass is 301 g/mol. The highest BCUT2D eigenvalue weighted by Crippen LogP contribution is 2.22. The maximum Gasteiger partial charge on any atom is 0.336 e. The molecule has 0 aliphatic rings. The lowest BCUT2D eigenvalue weighted by Gasteiger charge is -2.22. The number of carboxylic acids is 1. The molecular weight excluding hydrogens is 286 g/mol. The number of benzene rings is 1. The van der Waals surface area contributed by atoms with Crippen LogP contribution in [0.3, 0.4) is 0 Å². The third-order valence-corrected chi connectivity index (χ3v) is 3.31. The summed E-state index contributed by atoms with van der Waals surface area (Å²) in [6.07, 6.45) is 0. The van der Waals surface area contributed by atoms with Crippen molar-refractivity contribution in [3.05, 3.63) is 34.3 Å². The summed E-state index contributed by atoms with van der Waals surface area (Å²) in [5.41, 5.74) is -0.733. The average Bonchev–Trinajstić information content (AvgIpc) is 2.26. The van der Waals surface area contributed by atoms with E-state index in [1.807, 2.05) is 31.2 Å². The zero-order valence-electron chi connectivity index (χ0n) is 9.77. The summed E-state index contributed by atoms with van der Waals surface area (Å²) in [4.78, 5) is 10.7. The molecule has 17 heavy (non-hydrogen) atoms. The summed E-state index contributed by atoms with van der Waals surface area (Å²) in [6, 6.07) is 7.64. The topological polar surface area (TPSA) is 69.6 Å². The van der Waals surface area contributed by atoms with Crippen LogP contribution < -0.4 is 5.32 Å². The van der Waals surface area contributed by atoms with E-state index in [0.717, 1.165) is 10.0 Å². The highest BCUT2D eigenvalue weighted by atomic mass is 79.9. The van der Waals surface area contributed by atoms with E-state index in [0.29, 0.717) is 0 Å². The molecule has 0 heterocycles. The van der Waals surface area contributed by atoms with Crippen LogP contribution in [0.25, 0.3) is 0 Å². The van der Waals surface area contributed by atoms with Crippen molar-refractivity contribution in [1.82, 2.24) is 5.32 Å². The number of hydrogen-bond acceptors (Lipinski definition) is 3. The maximum absolute atomic E-state index is 10.7. The van der Waals surface area contributed by atoms with E-state index >= 15 is 0 Å². The van der Waals surface area contributed by atoms with Gasteiger partial charge in [-0.3, -0.25) is 0 Å². The Morgan fingerprint density at radius 3 is 2.65 bits per heavy atom. The Bertz CT molecular complexity index is 406. The molecule has 1 aromatic carbocycles. The van der Waals surface area contributed by atoms with E-state index in [2.05, 4.69) is 21.2 Å². The number of aliphatic carboxylic acids is 1. The number of rotatable bonds is 5. The molecule has 1 rings (SSSR count). The third-order valence-electron chi connectivity index (χ3n) is 2.58. The van der Waals surface area contributed by atoms with Crippen LogP contribution in [0.4, 0.5) is 0 Å². The molecule has 4 nitrogen and oxygen atoms in total. The van der Waals surface area contributed by atoms with Gasteiger partial charge in [-0.1, -0.05) is 34.1 Å². The predicted octanol–water partition coefficient (Wildman–Crippen LogP) is 1.94. The second-order valence-corrected chi connectivity index (χ2v) is 5.06. The van der Waals surface area contributed by atoms with Gasteiger partial charge in [0, 0.05) is 17.1 Å². The minimum absolute atomic E-state index is 0.00909. The summed E-state index contributed by atoms with van der Waals surface area (Å²) in [5.74, 6) is -1.23. The van der Waals surface area contributed by atoms with E-state index in [1.165, 1.54) is 6.92 Å². The van der Waals surface area contributed by atoms with Gasteiger partial charge in [-0.05, 0) is 25.5 Å². The average molecular weight is 302 g/mol. The molecule has 0 aliphatic carbocycles. The fourth-order valence-corrected chi connectivity index (χ4v) is 1.99. The quantitative estimate of drug-likeness (QED) is 0.777. The molecule has 0 fully saturated rings. The second-order valence-electron chi connectivity index (χ2n) is 4.20. The molecule has 0 spiro atoms. The lowest BCUT2D eigenvalue weighted by molar-refractivity contribution is -0.156. The fraction of sp³-hybridized carbons (Fsp3) is 0.417. The second kappa shape index (κ2) is 5.62. The molecular formula is C12H16BrNO3. The molecule has 2 atom stereocenters. The molecule has 0 aliphatic heterocycles. The van der Waals surface area contributed by atoms with Gasteiger partial charge in [0.15, 0.2) is 5.60 Å².